The van der Waals surface area contributed by atoms with Gasteiger partial charge in [-0.25, -0.2) is 4.98 Å². The largest absolute Gasteiger partial charge is 0.419 e. The van der Waals surface area contributed by atoms with Crippen LogP contribution in [0.2, 0.25) is 10.0 Å². The van der Waals surface area contributed by atoms with Crippen molar-refractivity contribution in [3.8, 4) is 0 Å². The molecule has 0 radical (unpaired) electrons. The molecular weight excluding hydrogens is 465 g/mol. The van der Waals surface area contributed by atoms with Crippen LogP contribution in [0.5, 0.6) is 0 Å². The van der Waals surface area contributed by atoms with Crippen LogP contribution in [-0.2, 0) is 5.92 Å². The fraction of sp³-hybridized carbons (Fsp3) is 0.350. The third-order valence-corrected chi connectivity index (χ3v) is 6.70. The molecule has 2 aliphatic rings. The summed E-state index contributed by atoms with van der Waals surface area (Å²) >= 11 is 11.7. The van der Waals surface area contributed by atoms with Crippen LogP contribution in [0.4, 0.5) is 8.78 Å². The number of aromatic nitrogens is 4. The van der Waals surface area contributed by atoms with E-state index in [0.29, 0.717) is 19.6 Å². The van der Waals surface area contributed by atoms with Crippen molar-refractivity contribution in [1.29, 1.82) is 0 Å². The SMILES string of the molecule is O=C(c1cnccn1)N1CC(c2nnc(C(F)(F)c3ccc(Cl)c(Cl)c3)o2)C2(CNC2)C1. The fourth-order valence-electron chi connectivity index (χ4n) is 4.16. The molecular formula is C20H16Cl2F2N6O2. The van der Waals surface area contributed by atoms with Crippen LogP contribution < -0.4 is 5.32 Å². The van der Waals surface area contributed by atoms with Crippen molar-refractivity contribution in [2.24, 2.45) is 5.41 Å². The zero-order valence-electron chi connectivity index (χ0n) is 16.4. The van der Waals surface area contributed by atoms with E-state index in [1.165, 1.54) is 24.7 Å². The van der Waals surface area contributed by atoms with E-state index in [0.717, 1.165) is 12.1 Å². The van der Waals surface area contributed by atoms with Crippen molar-refractivity contribution in [3.05, 3.63) is 69.9 Å². The smallest absolute Gasteiger partial charge is 0.349 e. The summed E-state index contributed by atoms with van der Waals surface area (Å²) in [5, 5.41) is 10.9. The van der Waals surface area contributed by atoms with Gasteiger partial charge in [0.1, 0.15) is 5.69 Å². The molecule has 32 heavy (non-hydrogen) atoms. The number of halogens is 4. The monoisotopic (exact) mass is 480 g/mol. The molecule has 5 rings (SSSR count). The normalized spacial score (nSPS) is 19.9. The molecule has 12 heteroatoms. The van der Waals surface area contributed by atoms with Crippen LogP contribution in [0.1, 0.15) is 33.8 Å². The molecule has 1 N–H and O–H groups in total. The van der Waals surface area contributed by atoms with Gasteiger partial charge in [-0.1, -0.05) is 29.3 Å². The lowest BCUT2D eigenvalue weighted by atomic mass is 9.73. The highest BCUT2D eigenvalue weighted by Crippen LogP contribution is 2.46. The molecule has 0 saturated carbocycles. The van der Waals surface area contributed by atoms with Gasteiger partial charge in [0.15, 0.2) is 0 Å². The fourth-order valence-corrected chi connectivity index (χ4v) is 4.45. The van der Waals surface area contributed by atoms with E-state index < -0.39 is 23.3 Å². The number of carbonyl (C=O) groups is 1. The zero-order chi connectivity index (χ0) is 22.5. The van der Waals surface area contributed by atoms with E-state index in [-0.39, 0.29) is 39.5 Å². The number of nitrogens with zero attached hydrogens (tertiary/aromatic N) is 5. The number of likely N-dealkylation sites (tertiary alicyclic amines) is 1. The van der Waals surface area contributed by atoms with Crippen molar-refractivity contribution < 1.29 is 18.0 Å². The summed E-state index contributed by atoms with van der Waals surface area (Å²) in [5.74, 6) is -5.01. The Balaban J connectivity index is 1.42. The van der Waals surface area contributed by atoms with Crippen LogP contribution in [0.3, 0.4) is 0 Å². The number of rotatable bonds is 4. The third-order valence-electron chi connectivity index (χ3n) is 5.96. The molecule has 166 valence electrons. The van der Waals surface area contributed by atoms with Crippen molar-refractivity contribution in [2.45, 2.75) is 11.8 Å². The van der Waals surface area contributed by atoms with Crippen LogP contribution >= 0.6 is 23.2 Å². The van der Waals surface area contributed by atoms with Crippen molar-refractivity contribution in [3.63, 3.8) is 0 Å². The second-order valence-corrected chi connectivity index (χ2v) is 8.76. The Morgan fingerprint density at radius 1 is 1.22 bits per heavy atom. The van der Waals surface area contributed by atoms with Gasteiger partial charge >= 0.3 is 5.92 Å². The Morgan fingerprint density at radius 2 is 2.03 bits per heavy atom. The second kappa shape index (κ2) is 7.72. The van der Waals surface area contributed by atoms with Crippen molar-refractivity contribution in [2.75, 3.05) is 26.2 Å². The molecule has 1 aromatic carbocycles. The highest BCUT2D eigenvalue weighted by Gasteiger charge is 2.55. The molecule has 2 aromatic heterocycles. The van der Waals surface area contributed by atoms with E-state index in [4.69, 9.17) is 27.6 Å². The Kier molecular flexibility index (Phi) is 5.11. The van der Waals surface area contributed by atoms with Gasteiger partial charge in [0.2, 0.25) is 5.89 Å². The minimum atomic E-state index is -3.56. The minimum absolute atomic E-state index is 0.00275. The number of hydrogen-bond acceptors (Lipinski definition) is 7. The van der Waals surface area contributed by atoms with Gasteiger partial charge in [-0.05, 0) is 12.1 Å². The maximum absolute atomic E-state index is 15.0. The quantitative estimate of drug-likeness (QED) is 0.612. The standard InChI is InChI=1S/C20H16Cl2F2N6O2/c21-13-2-1-11(5-14(13)22)20(23,24)18-29-28-16(32-18)12-7-30(10-19(12)8-26-9-19)17(31)15-6-25-3-4-27-15/h1-6,12,26H,7-10H2. The minimum Gasteiger partial charge on any atom is -0.419 e. The summed E-state index contributed by atoms with van der Waals surface area (Å²) in [6.07, 6.45) is 4.32. The van der Waals surface area contributed by atoms with Gasteiger partial charge in [0, 0.05) is 49.6 Å². The van der Waals surface area contributed by atoms with Gasteiger partial charge < -0.3 is 14.6 Å². The summed E-state index contributed by atoms with van der Waals surface area (Å²) in [5.41, 5.74) is -0.568. The molecule has 1 amide bonds. The highest BCUT2D eigenvalue weighted by molar-refractivity contribution is 6.42. The topological polar surface area (TPSA) is 97.0 Å². The zero-order valence-corrected chi connectivity index (χ0v) is 17.9. The summed E-state index contributed by atoms with van der Waals surface area (Å²) in [4.78, 5) is 22.5. The maximum Gasteiger partial charge on any atom is 0.349 e. The molecule has 1 unspecified atom stereocenters. The molecule has 1 spiro atoms. The summed E-state index contributed by atoms with van der Waals surface area (Å²) in [6, 6.07) is 3.51. The van der Waals surface area contributed by atoms with Crippen LogP contribution in [0, 0.1) is 5.41 Å². The lowest BCUT2D eigenvalue weighted by molar-refractivity contribution is 0.0106. The molecule has 1 atom stereocenters. The summed E-state index contributed by atoms with van der Waals surface area (Å²) < 4.78 is 35.5. The first-order chi connectivity index (χ1) is 15.3. The summed E-state index contributed by atoms with van der Waals surface area (Å²) in [6.45, 7) is 1.86. The third kappa shape index (κ3) is 3.42. The average Bonchev–Trinajstić information content (AvgIpc) is 3.41. The van der Waals surface area contributed by atoms with Crippen LogP contribution in [-0.4, -0.2) is 57.2 Å². The Labute approximate surface area is 191 Å². The van der Waals surface area contributed by atoms with Gasteiger partial charge in [-0.2, -0.15) is 8.78 Å². The number of benzene rings is 1. The average molecular weight is 481 g/mol. The van der Waals surface area contributed by atoms with E-state index in [1.54, 1.807) is 4.90 Å². The van der Waals surface area contributed by atoms with Crippen LogP contribution in [0.15, 0.2) is 41.2 Å². The van der Waals surface area contributed by atoms with Crippen molar-refractivity contribution in [1.82, 2.24) is 30.4 Å². The molecule has 3 aromatic rings. The number of hydrogen-bond donors (Lipinski definition) is 1. The molecule has 8 nitrogen and oxygen atoms in total. The van der Waals surface area contributed by atoms with Crippen molar-refractivity contribution >= 4 is 29.1 Å². The molecule has 0 bridgehead atoms. The first-order valence-electron chi connectivity index (χ1n) is 9.73. The predicted molar refractivity (Wildman–Crippen MR) is 110 cm³/mol. The molecule has 2 fully saturated rings. The van der Waals surface area contributed by atoms with E-state index in [1.807, 2.05) is 0 Å². The second-order valence-electron chi connectivity index (χ2n) is 7.94. The molecule has 2 saturated heterocycles. The van der Waals surface area contributed by atoms with Gasteiger partial charge in [-0.15, -0.1) is 10.2 Å². The molecule has 4 heterocycles. The molecule has 0 aliphatic carbocycles. The Morgan fingerprint density at radius 3 is 2.69 bits per heavy atom. The highest BCUT2D eigenvalue weighted by atomic mass is 35.5. The lowest BCUT2D eigenvalue weighted by Crippen LogP contribution is -2.57. The first kappa shape index (κ1) is 21.2. The predicted octanol–water partition coefficient (Wildman–Crippen LogP) is 3.14. The Bertz CT molecular complexity index is 1170. The van der Waals surface area contributed by atoms with Gasteiger partial charge in [-0.3, -0.25) is 9.78 Å². The number of nitrogens with one attached hydrogen (secondary N) is 1. The molecule has 2 aliphatic heterocycles. The van der Waals surface area contributed by atoms with Crippen LogP contribution in [0.25, 0.3) is 0 Å². The van der Waals surface area contributed by atoms with Gasteiger partial charge in [0.05, 0.1) is 22.2 Å². The maximum atomic E-state index is 15.0. The van der Waals surface area contributed by atoms with E-state index in [9.17, 15) is 4.79 Å². The van der Waals surface area contributed by atoms with Gasteiger partial charge in [0.25, 0.3) is 11.8 Å². The first-order valence-corrected chi connectivity index (χ1v) is 10.5. The summed E-state index contributed by atoms with van der Waals surface area (Å²) in [7, 11) is 0. The Hall–Kier alpha value is -2.69. The van der Waals surface area contributed by atoms with E-state index in [2.05, 4.69) is 25.5 Å². The lowest BCUT2D eigenvalue weighted by Gasteiger charge is -2.42. The van der Waals surface area contributed by atoms with E-state index >= 15 is 8.78 Å². The number of carbonyl (C=O) groups excluding carboxylic acids is 1. The number of amides is 1. The number of alkyl halides is 2.